The molecule has 6 heteroatoms. The Kier molecular flexibility index (Phi) is 5.20. The largest absolute Gasteiger partial charge is 0.399 e. The first-order valence-electron chi connectivity index (χ1n) is 5.80. The number of carbonyl (C=O) groups is 2. The van der Waals surface area contributed by atoms with Gasteiger partial charge in [-0.2, -0.15) is 0 Å². The van der Waals surface area contributed by atoms with Crippen LogP contribution in [0, 0.1) is 0 Å². The van der Waals surface area contributed by atoms with Gasteiger partial charge in [0.2, 0.25) is 0 Å². The van der Waals surface area contributed by atoms with Crippen LogP contribution < -0.4 is 11.1 Å². The van der Waals surface area contributed by atoms with Gasteiger partial charge >= 0.3 is 0 Å². The van der Waals surface area contributed by atoms with Crippen LogP contribution in [0.5, 0.6) is 0 Å². The van der Waals surface area contributed by atoms with E-state index in [0.717, 1.165) is 0 Å². The maximum atomic E-state index is 12.1. The van der Waals surface area contributed by atoms with E-state index in [0.29, 0.717) is 22.7 Å². The third kappa shape index (κ3) is 3.85. The van der Waals surface area contributed by atoms with Gasteiger partial charge in [-0.25, -0.2) is 0 Å². The molecule has 104 valence electrons. The molecule has 3 N–H and O–H groups in total. The smallest absolute Gasteiger partial charge is 0.252 e. The van der Waals surface area contributed by atoms with Crippen molar-refractivity contribution in [2.45, 2.75) is 25.8 Å². The lowest BCUT2D eigenvalue weighted by atomic mass is 9.93. The first-order chi connectivity index (χ1) is 8.82. The fourth-order valence-electron chi connectivity index (χ4n) is 1.57. The monoisotopic (exact) mass is 302 g/mol. The van der Waals surface area contributed by atoms with Crippen molar-refractivity contribution < 1.29 is 9.59 Å². The van der Waals surface area contributed by atoms with Crippen molar-refractivity contribution in [3.05, 3.63) is 28.8 Å². The highest BCUT2D eigenvalue weighted by atomic mass is 35.5. The molecule has 19 heavy (non-hydrogen) atoms. The molecule has 1 rings (SSSR count). The van der Waals surface area contributed by atoms with Crippen molar-refractivity contribution in [3.63, 3.8) is 0 Å². The zero-order chi connectivity index (χ0) is 14.6. The zero-order valence-electron chi connectivity index (χ0n) is 10.8. The zero-order valence-corrected chi connectivity index (χ0v) is 12.3. The van der Waals surface area contributed by atoms with Crippen LogP contribution in [-0.4, -0.2) is 23.1 Å². The summed E-state index contributed by atoms with van der Waals surface area (Å²) in [5, 5.41) is 3.04. The minimum absolute atomic E-state index is 0.150. The van der Waals surface area contributed by atoms with Crippen molar-refractivity contribution >= 4 is 40.6 Å². The molecule has 1 atom stereocenters. The van der Waals surface area contributed by atoms with Crippen LogP contribution in [0.3, 0.4) is 0 Å². The first kappa shape index (κ1) is 15.8. The van der Waals surface area contributed by atoms with Crippen LogP contribution in [0.15, 0.2) is 18.2 Å². The summed E-state index contributed by atoms with van der Waals surface area (Å²) in [6, 6.07) is 4.54. The Morgan fingerprint density at radius 3 is 2.47 bits per heavy atom. The minimum atomic E-state index is -0.990. The highest BCUT2D eigenvalue weighted by Crippen LogP contribution is 2.18. The van der Waals surface area contributed by atoms with Gasteiger partial charge in [0.25, 0.3) is 5.91 Å². The number of ketones is 1. The fourth-order valence-corrected chi connectivity index (χ4v) is 2.11. The summed E-state index contributed by atoms with van der Waals surface area (Å²) in [6.45, 7) is 3.45. The van der Waals surface area contributed by atoms with Gasteiger partial charge < -0.3 is 11.1 Å². The molecule has 0 heterocycles. The molecule has 0 aliphatic carbocycles. The van der Waals surface area contributed by atoms with Crippen molar-refractivity contribution in [1.82, 2.24) is 5.32 Å². The van der Waals surface area contributed by atoms with Crippen molar-refractivity contribution in [2.75, 3.05) is 11.6 Å². The third-order valence-corrected chi connectivity index (χ3v) is 3.48. The van der Waals surface area contributed by atoms with Crippen LogP contribution in [0.4, 0.5) is 5.69 Å². The lowest BCUT2D eigenvalue weighted by Gasteiger charge is -2.27. The van der Waals surface area contributed by atoms with E-state index in [9.17, 15) is 9.59 Å². The van der Waals surface area contributed by atoms with E-state index in [2.05, 4.69) is 5.32 Å². The molecule has 4 nitrogen and oxygen atoms in total. The average molecular weight is 303 g/mol. The second-order valence-electron chi connectivity index (χ2n) is 4.47. The summed E-state index contributed by atoms with van der Waals surface area (Å²) in [5.74, 6) is -0.792. The number of amides is 1. The topological polar surface area (TPSA) is 72.2 Å². The maximum absolute atomic E-state index is 12.1. The van der Waals surface area contributed by atoms with Crippen LogP contribution in [0.2, 0.25) is 5.02 Å². The highest BCUT2D eigenvalue weighted by Gasteiger charge is 2.32. The van der Waals surface area contributed by atoms with Gasteiger partial charge in [0.15, 0.2) is 5.78 Å². The normalized spacial score (nSPS) is 13.7. The quantitative estimate of drug-likeness (QED) is 0.649. The molecule has 0 aliphatic rings. The molecule has 0 saturated carbocycles. The van der Waals surface area contributed by atoms with E-state index in [1.165, 1.54) is 12.1 Å². The highest BCUT2D eigenvalue weighted by molar-refractivity contribution is 6.31. The molecule has 1 aromatic rings. The summed E-state index contributed by atoms with van der Waals surface area (Å²) in [6.07, 6.45) is 0.445. The number of alkyl halides is 1. The van der Waals surface area contributed by atoms with Gasteiger partial charge in [-0.1, -0.05) is 18.5 Å². The third-order valence-electron chi connectivity index (χ3n) is 3.02. The van der Waals surface area contributed by atoms with Gasteiger partial charge in [-0.15, -0.1) is 11.6 Å². The Morgan fingerprint density at radius 1 is 1.37 bits per heavy atom. The molecule has 0 radical (unpaired) electrons. The van der Waals surface area contributed by atoms with Crippen molar-refractivity contribution in [2.24, 2.45) is 0 Å². The van der Waals surface area contributed by atoms with E-state index in [1.54, 1.807) is 19.9 Å². The van der Waals surface area contributed by atoms with Crippen LogP contribution in [0.1, 0.15) is 30.6 Å². The minimum Gasteiger partial charge on any atom is -0.399 e. The first-order valence-corrected chi connectivity index (χ1v) is 6.71. The lowest BCUT2D eigenvalue weighted by molar-refractivity contribution is -0.122. The number of nitrogen functional groups attached to an aromatic ring is 1. The molecular weight excluding hydrogens is 287 g/mol. The molecule has 0 aliphatic heterocycles. The number of benzene rings is 1. The molecular formula is C13H16Cl2N2O2. The Labute approximate surface area is 122 Å². The molecule has 0 spiro atoms. The van der Waals surface area contributed by atoms with E-state index in [-0.39, 0.29) is 11.7 Å². The van der Waals surface area contributed by atoms with E-state index < -0.39 is 11.4 Å². The van der Waals surface area contributed by atoms with Gasteiger partial charge in [0, 0.05) is 16.3 Å². The Bertz CT molecular complexity index is 485. The van der Waals surface area contributed by atoms with Gasteiger partial charge in [-0.05, 0) is 31.5 Å². The second kappa shape index (κ2) is 6.26. The predicted octanol–water partition coefficient (Wildman–Crippen LogP) is 2.63. The Morgan fingerprint density at radius 2 is 2.00 bits per heavy atom. The number of carbonyl (C=O) groups excluding carboxylic acids is 2. The molecule has 0 bridgehead atoms. The summed E-state index contributed by atoms with van der Waals surface area (Å²) < 4.78 is 0. The number of anilines is 1. The van der Waals surface area contributed by atoms with Gasteiger partial charge in [-0.3, -0.25) is 9.59 Å². The second-order valence-corrected chi connectivity index (χ2v) is 5.17. The molecule has 0 saturated heterocycles. The Balaban J connectivity index is 2.98. The number of hydrogen-bond donors (Lipinski definition) is 2. The average Bonchev–Trinajstić information content (AvgIpc) is 2.36. The summed E-state index contributed by atoms with van der Waals surface area (Å²) in [5.41, 5.74) is 5.34. The van der Waals surface area contributed by atoms with Gasteiger partial charge in [0.05, 0.1) is 11.4 Å². The molecule has 1 aromatic carbocycles. The van der Waals surface area contributed by atoms with Crippen molar-refractivity contribution in [3.8, 4) is 0 Å². The maximum Gasteiger partial charge on any atom is 0.252 e. The number of rotatable bonds is 5. The fraction of sp³-hybridized carbons (Fsp3) is 0.385. The van der Waals surface area contributed by atoms with Crippen LogP contribution in [-0.2, 0) is 4.79 Å². The Hall–Kier alpha value is -1.26. The van der Waals surface area contributed by atoms with E-state index in [4.69, 9.17) is 28.9 Å². The molecule has 1 unspecified atom stereocenters. The van der Waals surface area contributed by atoms with E-state index >= 15 is 0 Å². The number of Topliss-reactive ketones (excluding diaryl/α,β-unsaturated/α-hetero) is 1. The van der Waals surface area contributed by atoms with Gasteiger partial charge in [0.1, 0.15) is 0 Å². The summed E-state index contributed by atoms with van der Waals surface area (Å²) in [7, 11) is 0. The van der Waals surface area contributed by atoms with E-state index in [1.807, 2.05) is 0 Å². The number of halogens is 2. The van der Waals surface area contributed by atoms with Crippen molar-refractivity contribution in [1.29, 1.82) is 0 Å². The lowest BCUT2D eigenvalue weighted by Crippen LogP contribution is -2.52. The molecule has 1 amide bonds. The predicted molar refractivity (Wildman–Crippen MR) is 77.8 cm³/mol. The summed E-state index contributed by atoms with van der Waals surface area (Å²) in [4.78, 5) is 23.9. The number of nitrogens with two attached hydrogens (primary N) is 1. The molecule has 0 fully saturated rings. The summed E-state index contributed by atoms with van der Waals surface area (Å²) >= 11 is 11.4. The number of nitrogens with one attached hydrogen (secondary N) is 1. The number of hydrogen-bond acceptors (Lipinski definition) is 3. The van der Waals surface area contributed by atoms with Crippen LogP contribution >= 0.6 is 23.2 Å². The SMILES string of the molecule is CCC(C)(NC(=O)c1cc(N)cc(Cl)c1)C(=O)CCl. The molecule has 0 aromatic heterocycles. The van der Waals surface area contributed by atoms with Crippen LogP contribution in [0.25, 0.3) is 0 Å². The standard InChI is InChI=1S/C13H16Cl2N2O2/c1-3-13(2,11(18)7-14)17-12(19)8-4-9(15)6-10(16)5-8/h4-6H,3,7,16H2,1-2H3,(H,17,19).